The van der Waals surface area contributed by atoms with Crippen molar-refractivity contribution in [1.82, 2.24) is 0 Å². The molecule has 0 aliphatic rings. The van der Waals surface area contributed by atoms with Crippen LogP contribution in [0.5, 0.6) is 0 Å². The molecule has 5 nitrogen and oxygen atoms in total. The average Bonchev–Trinajstić information content (AvgIpc) is 2.16. The van der Waals surface area contributed by atoms with E-state index in [1.54, 1.807) is 6.92 Å². The predicted molar refractivity (Wildman–Crippen MR) is 62.2 cm³/mol. The number of hydrogen-bond acceptors (Lipinski definition) is 3. The van der Waals surface area contributed by atoms with Gasteiger partial charge in [0.25, 0.3) is 5.69 Å². The van der Waals surface area contributed by atoms with E-state index in [0.717, 1.165) is 6.08 Å². The minimum absolute atomic E-state index is 0.0340. The van der Waals surface area contributed by atoms with Crippen molar-refractivity contribution in [3.05, 3.63) is 43.9 Å². The lowest BCUT2D eigenvalue weighted by Crippen LogP contribution is -1.95. The van der Waals surface area contributed by atoms with Gasteiger partial charge in [0, 0.05) is 22.2 Å². The normalized spacial score (nSPS) is 10.6. The van der Waals surface area contributed by atoms with E-state index in [2.05, 4.69) is 15.9 Å². The fourth-order valence-electron chi connectivity index (χ4n) is 1.24. The van der Waals surface area contributed by atoms with Crippen LogP contribution in [0.4, 0.5) is 5.69 Å². The van der Waals surface area contributed by atoms with Gasteiger partial charge in [0.15, 0.2) is 0 Å². The highest BCUT2D eigenvalue weighted by Gasteiger charge is 2.14. The van der Waals surface area contributed by atoms with Crippen LogP contribution in [0, 0.1) is 17.0 Å². The lowest BCUT2D eigenvalue weighted by molar-refractivity contribution is -0.385. The van der Waals surface area contributed by atoms with Gasteiger partial charge in [-0.3, -0.25) is 10.1 Å². The summed E-state index contributed by atoms with van der Waals surface area (Å²) in [6.07, 6.45) is 2.27. The summed E-state index contributed by atoms with van der Waals surface area (Å²) in [5.74, 6) is -1.10. The molecule has 0 bridgehead atoms. The quantitative estimate of drug-likeness (QED) is 0.526. The number of carboxylic acid groups (broad SMARTS) is 1. The van der Waals surface area contributed by atoms with Crippen LogP contribution in [0.1, 0.15) is 11.1 Å². The Kier molecular flexibility index (Phi) is 3.78. The first kappa shape index (κ1) is 12.4. The number of nitrogens with zero attached hydrogens (tertiary/aromatic N) is 1. The highest BCUT2D eigenvalue weighted by atomic mass is 79.9. The Balaban J connectivity index is 3.32. The van der Waals surface area contributed by atoms with E-state index in [-0.39, 0.29) is 5.69 Å². The van der Waals surface area contributed by atoms with Crippen molar-refractivity contribution >= 4 is 33.7 Å². The highest BCUT2D eigenvalue weighted by molar-refractivity contribution is 9.10. The van der Waals surface area contributed by atoms with E-state index < -0.39 is 10.9 Å². The molecule has 0 aromatic heterocycles. The molecule has 0 unspecified atom stereocenters. The zero-order valence-corrected chi connectivity index (χ0v) is 9.89. The Morgan fingerprint density at radius 1 is 1.56 bits per heavy atom. The molecule has 1 aromatic rings. The second-order valence-electron chi connectivity index (χ2n) is 3.03. The molecular formula is C10H8BrNO4. The zero-order chi connectivity index (χ0) is 12.3. The van der Waals surface area contributed by atoms with Crippen molar-refractivity contribution in [3.8, 4) is 0 Å². The van der Waals surface area contributed by atoms with Gasteiger partial charge in [-0.05, 0) is 24.6 Å². The molecule has 0 atom stereocenters. The van der Waals surface area contributed by atoms with Crippen LogP contribution in [0.2, 0.25) is 0 Å². The largest absolute Gasteiger partial charge is 0.478 e. The lowest BCUT2D eigenvalue weighted by atomic mass is 10.1. The standard InChI is InChI=1S/C10H8BrNO4/c1-6-7(2-5-10(13)14)8(11)3-4-9(6)12(15)16/h2-5H,1H3,(H,13,14)/b5-2+. The fraction of sp³-hybridized carbons (Fsp3) is 0.100. The van der Waals surface area contributed by atoms with Crippen molar-refractivity contribution in [2.75, 3.05) is 0 Å². The van der Waals surface area contributed by atoms with Gasteiger partial charge in [0.1, 0.15) is 0 Å². The Labute approximate surface area is 99.7 Å². The number of carbonyl (C=O) groups is 1. The van der Waals surface area contributed by atoms with Crippen LogP contribution in [0.3, 0.4) is 0 Å². The number of carboxylic acids is 1. The van der Waals surface area contributed by atoms with Gasteiger partial charge in [-0.2, -0.15) is 0 Å². The van der Waals surface area contributed by atoms with E-state index in [0.29, 0.717) is 15.6 Å². The zero-order valence-electron chi connectivity index (χ0n) is 8.31. The van der Waals surface area contributed by atoms with Crippen LogP contribution in [-0.4, -0.2) is 16.0 Å². The molecule has 0 fully saturated rings. The van der Waals surface area contributed by atoms with Crippen molar-refractivity contribution in [2.24, 2.45) is 0 Å². The van der Waals surface area contributed by atoms with Gasteiger partial charge in [0.05, 0.1) is 4.92 Å². The highest BCUT2D eigenvalue weighted by Crippen LogP contribution is 2.29. The lowest BCUT2D eigenvalue weighted by Gasteiger charge is -2.04. The van der Waals surface area contributed by atoms with Crippen molar-refractivity contribution in [2.45, 2.75) is 6.92 Å². The third kappa shape index (κ3) is 2.66. The summed E-state index contributed by atoms with van der Waals surface area (Å²) in [5, 5.41) is 19.2. The Bertz CT molecular complexity index is 482. The molecule has 0 spiro atoms. The van der Waals surface area contributed by atoms with Gasteiger partial charge in [-0.15, -0.1) is 0 Å². The van der Waals surface area contributed by atoms with E-state index in [4.69, 9.17) is 5.11 Å². The molecular weight excluding hydrogens is 278 g/mol. The number of benzene rings is 1. The van der Waals surface area contributed by atoms with Gasteiger partial charge in [-0.1, -0.05) is 15.9 Å². The van der Waals surface area contributed by atoms with E-state index >= 15 is 0 Å². The maximum absolute atomic E-state index is 10.7. The Morgan fingerprint density at radius 3 is 2.69 bits per heavy atom. The molecule has 0 radical (unpaired) electrons. The molecule has 84 valence electrons. The van der Waals surface area contributed by atoms with Crippen LogP contribution in [0.25, 0.3) is 6.08 Å². The van der Waals surface area contributed by atoms with Crippen LogP contribution >= 0.6 is 15.9 Å². The average molecular weight is 286 g/mol. The molecule has 0 saturated carbocycles. The van der Waals surface area contributed by atoms with Gasteiger partial charge < -0.3 is 5.11 Å². The van der Waals surface area contributed by atoms with Crippen molar-refractivity contribution in [1.29, 1.82) is 0 Å². The first-order valence-corrected chi connectivity index (χ1v) is 5.07. The number of rotatable bonds is 3. The SMILES string of the molecule is Cc1c([N+](=O)[O-])ccc(Br)c1/C=C/C(=O)O. The smallest absolute Gasteiger partial charge is 0.328 e. The molecule has 0 saturated heterocycles. The molecule has 16 heavy (non-hydrogen) atoms. The summed E-state index contributed by atoms with van der Waals surface area (Å²) >= 11 is 3.21. The number of nitro benzene ring substituents is 1. The summed E-state index contributed by atoms with van der Waals surface area (Å²) in [5.41, 5.74) is 0.890. The third-order valence-electron chi connectivity index (χ3n) is 2.02. The second-order valence-corrected chi connectivity index (χ2v) is 3.89. The summed E-state index contributed by atoms with van der Waals surface area (Å²) in [4.78, 5) is 20.6. The molecule has 6 heteroatoms. The first-order chi connectivity index (χ1) is 7.43. The minimum Gasteiger partial charge on any atom is -0.478 e. The minimum atomic E-state index is -1.10. The monoisotopic (exact) mass is 285 g/mol. The summed E-state index contributed by atoms with van der Waals surface area (Å²) in [7, 11) is 0. The Morgan fingerprint density at radius 2 is 2.19 bits per heavy atom. The van der Waals surface area contributed by atoms with Gasteiger partial charge >= 0.3 is 5.97 Å². The van der Waals surface area contributed by atoms with Gasteiger partial charge in [0.2, 0.25) is 0 Å². The summed E-state index contributed by atoms with van der Waals surface area (Å²) in [6.45, 7) is 1.57. The molecule has 0 heterocycles. The fourth-order valence-corrected chi connectivity index (χ4v) is 1.80. The second kappa shape index (κ2) is 4.89. The maximum Gasteiger partial charge on any atom is 0.328 e. The van der Waals surface area contributed by atoms with Crippen molar-refractivity contribution < 1.29 is 14.8 Å². The van der Waals surface area contributed by atoms with E-state index in [1.165, 1.54) is 18.2 Å². The molecule has 1 N–H and O–H groups in total. The molecule has 0 aliphatic carbocycles. The van der Waals surface area contributed by atoms with Crippen LogP contribution in [0.15, 0.2) is 22.7 Å². The van der Waals surface area contributed by atoms with E-state index in [9.17, 15) is 14.9 Å². The molecule has 1 aromatic carbocycles. The maximum atomic E-state index is 10.7. The topological polar surface area (TPSA) is 80.4 Å². The summed E-state index contributed by atoms with van der Waals surface area (Å²) in [6, 6.07) is 2.89. The van der Waals surface area contributed by atoms with Crippen LogP contribution in [-0.2, 0) is 4.79 Å². The number of nitro groups is 1. The van der Waals surface area contributed by atoms with Gasteiger partial charge in [-0.25, -0.2) is 4.79 Å². The van der Waals surface area contributed by atoms with Crippen LogP contribution < -0.4 is 0 Å². The van der Waals surface area contributed by atoms with E-state index in [1.807, 2.05) is 0 Å². The number of aliphatic carboxylic acids is 1. The van der Waals surface area contributed by atoms with Crippen molar-refractivity contribution in [3.63, 3.8) is 0 Å². The molecule has 0 amide bonds. The molecule has 0 aliphatic heterocycles. The first-order valence-electron chi connectivity index (χ1n) is 4.28. The Hall–Kier alpha value is -1.69. The number of halogens is 1. The number of hydrogen-bond donors (Lipinski definition) is 1. The third-order valence-corrected chi connectivity index (χ3v) is 2.71. The molecule has 1 rings (SSSR count). The predicted octanol–water partition coefficient (Wildman–Crippen LogP) is 2.76. The summed E-state index contributed by atoms with van der Waals surface area (Å²) < 4.78 is 0.619.